The van der Waals surface area contributed by atoms with Crippen molar-refractivity contribution in [2.24, 2.45) is 11.3 Å². The average molecular weight is 353 g/mol. The lowest BCUT2D eigenvalue weighted by Crippen LogP contribution is -2.45. The Balaban J connectivity index is 1.64. The second kappa shape index (κ2) is 7.91. The van der Waals surface area contributed by atoms with Crippen LogP contribution in [-0.4, -0.2) is 74.3 Å². The lowest BCUT2D eigenvalue weighted by atomic mass is 9.71. The van der Waals surface area contributed by atoms with Gasteiger partial charge in [-0.2, -0.15) is 0 Å². The van der Waals surface area contributed by atoms with Crippen LogP contribution in [0.15, 0.2) is 11.6 Å². The summed E-state index contributed by atoms with van der Waals surface area (Å²) in [5.74, 6) is 0.226. The highest BCUT2D eigenvalue weighted by atomic mass is 32.1. The van der Waals surface area contributed by atoms with E-state index in [1.165, 1.54) is 5.01 Å². The van der Waals surface area contributed by atoms with Crippen molar-refractivity contribution in [3.8, 4) is 0 Å². The second-order valence-electron chi connectivity index (χ2n) is 6.82. The van der Waals surface area contributed by atoms with Gasteiger partial charge in [0.05, 0.1) is 25.7 Å². The topological polar surface area (TPSA) is 54.9 Å². The Labute approximate surface area is 147 Å². The van der Waals surface area contributed by atoms with E-state index in [2.05, 4.69) is 9.88 Å². The van der Waals surface area contributed by atoms with Crippen LogP contribution in [0.5, 0.6) is 0 Å². The van der Waals surface area contributed by atoms with E-state index < -0.39 is 0 Å². The number of hydrogen-bond donors (Lipinski definition) is 0. The molecule has 0 aromatic carbocycles. The normalized spacial score (nSPS) is 24.2. The first kappa shape index (κ1) is 17.8. The Morgan fingerprint density at radius 3 is 2.75 bits per heavy atom. The summed E-state index contributed by atoms with van der Waals surface area (Å²) in [5, 5.41) is 3.20. The molecular weight excluding hydrogens is 326 g/mol. The molecule has 0 unspecified atom stereocenters. The van der Waals surface area contributed by atoms with E-state index in [1.54, 1.807) is 25.6 Å². The van der Waals surface area contributed by atoms with E-state index in [0.29, 0.717) is 19.8 Å². The summed E-state index contributed by atoms with van der Waals surface area (Å²) in [5.41, 5.74) is 0.0558. The van der Waals surface area contributed by atoms with Gasteiger partial charge in [-0.3, -0.25) is 9.69 Å². The number of likely N-dealkylation sites (tertiary alicyclic amines) is 2. The number of thiazole rings is 1. The number of amides is 1. The van der Waals surface area contributed by atoms with E-state index in [-0.39, 0.29) is 17.2 Å². The molecule has 2 aliphatic rings. The molecule has 2 fully saturated rings. The van der Waals surface area contributed by atoms with Crippen molar-refractivity contribution in [1.82, 2.24) is 14.8 Å². The summed E-state index contributed by atoms with van der Waals surface area (Å²) in [6, 6.07) is 0. The van der Waals surface area contributed by atoms with Crippen LogP contribution in [-0.2, 0) is 20.8 Å². The van der Waals surface area contributed by atoms with Crippen LogP contribution in [0.3, 0.4) is 0 Å². The molecule has 1 amide bonds. The SMILES string of the molecule is COCCN1CC2(CCN(Cc3nccs3)CC2)[C@@H](COC)C1=O. The van der Waals surface area contributed by atoms with Gasteiger partial charge in [-0.1, -0.05) is 0 Å². The summed E-state index contributed by atoms with van der Waals surface area (Å²) < 4.78 is 10.5. The molecule has 0 saturated carbocycles. The van der Waals surface area contributed by atoms with E-state index in [1.807, 2.05) is 16.5 Å². The number of carbonyl (C=O) groups excluding carboxylic acids is 1. The Morgan fingerprint density at radius 2 is 2.12 bits per heavy atom. The number of ether oxygens (including phenoxy) is 2. The molecule has 6 nitrogen and oxygen atoms in total. The number of methoxy groups -OCH3 is 2. The average Bonchev–Trinajstić information content (AvgIpc) is 3.18. The second-order valence-corrected chi connectivity index (χ2v) is 7.80. The molecule has 1 aromatic heterocycles. The van der Waals surface area contributed by atoms with Crippen molar-refractivity contribution < 1.29 is 14.3 Å². The zero-order valence-electron chi connectivity index (χ0n) is 14.6. The van der Waals surface area contributed by atoms with Gasteiger partial charge >= 0.3 is 0 Å². The molecule has 0 radical (unpaired) electrons. The third-order valence-corrected chi connectivity index (χ3v) is 6.21. The van der Waals surface area contributed by atoms with E-state index >= 15 is 0 Å². The van der Waals surface area contributed by atoms with Crippen LogP contribution in [0, 0.1) is 11.3 Å². The molecule has 134 valence electrons. The molecule has 3 rings (SSSR count). The third kappa shape index (κ3) is 3.64. The van der Waals surface area contributed by atoms with Crippen molar-refractivity contribution in [1.29, 1.82) is 0 Å². The summed E-state index contributed by atoms with van der Waals surface area (Å²) in [6.45, 7) is 5.60. The number of carbonyl (C=O) groups is 1. The summed E-state index contributed by atoms with van der Waals surface area (Å²) in [7, 11) is 3.37. The quantitative estimate of drug-likeness (QED) is 0.743. The van der Waals surface area contributed by atoms with E-state index in [0.717, 1.165) is 39.0 Å². The van der Waals surface area contributed by atoms with Gasteiger partial charge in [0.25, 0.3) is 0 Å². The zero-order valence-corrected chi connectivity index (χ0v) is 15.4. The minimum atomic E-state index is -0.0126. The fourth-order valence-corrected chi connectivity index (χ4v) is 4.70. The molecule has 0 aliphatic carbocycles. The van der Waals surface area contributed by atoms with Gasteiger partial charge in [0, 0.05) is 44.3 Å². The first-order chi connectivity index (χ1) is 11.7. The van der Waals surface area contributed by atoms with Crippen LogP contribution in [0.1, 0.15) is 17.8 Å². The monoisotopic (exact) mass is 353 g/mol. The van der Waals surface area contributed by atoms with Gasteiger partial charge in [0.1, 0.15) is 5.01 Å². The van der Waals surface area contributed by atoms with Crippen LogP contribution < -0.4 is 0 Å². The summed E-state index contributed by atoms with van der Waals surface area (Å²) in [4.78, 5) is 21.6. The van der Waals surface area contributed by atoms with Gasteiger partial charge in [0.15, 0.2) is 0 Å². The largest absolute Gasteiger partial charge is 0.384 e. The standard InChI is InChI=1S/C17H27N3O3S/c1-22-9-8-20-13-17(14(12-23-2)16(20)21)3-6-19(7-4-17)11-15-18-5-10-24-15/h5,10,14H,3-4,6-9,11-13H2,1-2H3/t14-/m0/s1. The van der Waals surface area contributed by atoms with Gasteiger partial charge < -0.3 is 14.4 Å². The number of rotatable bonds is 7. The molecule has 0 N–H and O–H groups in total. The fourth-order valence-electron chi connectivity index (χ4n) is 4.04. The van der Waals surface area contributed by atoms with Crippen LogP contribution in [0.25, 0.3) is 0 Å². The van der Waals surface area contributed by atoms with Gasteiger partial charge in [-0.15, -0.1) is 11.3 Å². The highest BCUT2D eigenvalue weighted by Crippen LogP contribution is 2.45. The molecule has 2 saturated heterocycles. The van der Waals surface area contributed by atoms with Crippen molar-refractivity contribution in [3.05, 3.63) is 16.6 Å². The maximum atomic E-state index is 12.8. The molecule has 3 heterocycles. The molecular formula is C17H27N3O3S. The van der Waals surface area contributed by atoms with Gasteiger partial charge in [-0.25, -0.2) is 4.98 Å². The predicted molar refractivity (Wildman–Crippen MR) is 92.9 cm³/mol. The number of aromatic nitrogens is 1. The Hall–Kier alpha value is -1.02. The Kier molecular flexibility index (Phi) is 5.86. The zero-order chi connectivity index (χ0) is 17.0. The van der Waals surface area contributed by atoms with Crippen molar-refractivity contribution in [2.45, 2.75) is 19.4 Å². The molecule has 1 aromatic rings. The fraction of sp³-hybridized carbons (Fsp3) is 0.765. The highest BCUT2D eigenvalue weighted by molar-refractivity contribution is 7.09. The summed E-state index contributed by atoms with van der Waals surface area (Å²) >= 11 is 1.71. The number of piperidine rings is 1. The van der Waals surface area contributed by atoms with Crippen LogP contribution in [0.2, 0.25) is 0 Å². The smallest absolute Gasteiger partial charge is 0.228 e. The molecule has 2 aliphatic heterocycles. The third-order valence-electron chi connectivity index (χ3n) is 5.45. The van der Waals surface area contributed by atoms with Crippen LogP contribution >= 0.6 is 11.3 Å². The summed E-state index contributed by atoms with van der Waals surface area (Å²) in [6.07, 6.45) is 3.95. The maximum Gasteiger partial charge on any atom is 0.228 e. The molecule has 7 heteroatoms. The number of nitrogens with zero attached hydrogens (tertiary/aromatic N) is 3. The molecule has 0 bridgehead atoms. The van der Waals surface area contributed by atoms with Crippen LogP contribution in [0.4, 0.5) is 0 Å². The Morgan fingerprint density at radius 1 is 1.33 bits per heavy atom. The van der Waals surface area contributed by atoms with Gasteiger partial charge in [-0.05, 0) is 25.9 Å². The Bertz CT molecular complexity index is 529. The molecule has 1 atom stereocenters. The molecule has 1 spiro atoms. The first-order valence-corrected chi connectivity index (χ1v) is 9.44. The van der Waals surface area contributed by atoms with E-state index in [4.69, 9.17) is 9.47 Å². The predicted octanol–water partition coefficient (Wildman–Crippen LogP) is 1.48. The lowest BCUT2D eigenvalue weighted by molar-refractivity contribution is -0.134. The van der Waals surface area contributed by atoms with Crippen molar-refractivity contribution in [2.75, 3.05) is 53.6 Å². The maximum absolute atomic E-state index is 12.8. The van der Waals surface area contributed by atoms with Crippen molar-refractivity contribution >= 4 is 17.2 Å². The first-order valence-electron chi connectivity index (χ1n) is 8.56. The highest BCUT2D eigenvalue weighted by Gasteiger charge is 2.52. The molecule has 24 heavy (non-hydrogen) atoms. The minimum Gasteiger partial charge on any atom is -0.384 e. The lowest BCUT2D eigenvalue weighted by Gasteiger charge is -2.41. The minimum absolute atomic E-state index is 0.0126. The van der Waals surface area contributed by atoms with Crippen molar-refractivity contribution in [3.63, 3.8) is 0 Å². The van der Waals surface area contributed by atoms with E-state index in [9.17, 15) is 4.79 Å². The van der Waals surface area contributed by atoms with Gasteiger partial charge in [0.2, 0.25) is 5.91 Å². The number of hydrogen-bond acceptors (Lipinski definition) is 6.